The molecule has 28 heavy (non-hydrogen) atoms. The number of nitrogens with zero attached hydrogens (tertiary/aromatic N) is 2. The summed E-state index contributed by atoms with van der Waals surface area (Å²) in [6.45, 7) is 5.12. The van der Waals surface area contributed by atoms with Crippen LogP contribution in [0.25, 0.3) is 0 Å². The molecule has 7 heteroatoms. The minimum Gasteiger partial charge on any atom is -0.347 e. The molecule has 0 bridgehead atoms. The standard InChI is InChI=1S/C21H28Cl2N2O3/c22-18-5-4-16(13-19(18)23)14-20(26)25-8-2-1-3-17(25)15-24-9-6-21(7-10-24)27-11-12-28-21/h4-5,13,17H,1-3,6-12,14-15H2. The third-order valence-electron chi connectivity index (χ3n) is 6.19. The summed E-state index contributed by atoms with van der Waals surface area (Å²) in [5.74, 6) is -0.161. The van der Waals surface area contributed by atoms with Gasteiger partial charge in [-0.15, -0.1) is 0 Å². The van der Waals surface area contributed by atoms with E-state index < -0.39 is 0 Å². The lowest BCUT2D eigenvalue weighted by atomic mass is 9.98. The Kier molecular flexibility index (Phi) is 6.48. The van der Waals surface area contributed by atoms with Gasteiger partial charge in [-0.2, -0.15) is 0 Å². The van der Waals surface area contributed by atoms with Gasteiger partial charge in [0.15, 0.2) is 5.79 Å². The number of hydrogen-bond donors (Lipinski definition) is 0. The molecule has 1 amide bonds. The first-order chi connectivity index (χ1) is 13.5. The number of piperidine rings is 2. The highest BCUT2D eigenvalue weighted by Gasteiger charge is 2.40. The summed E-state index contributed by atoms with van der Waals surface area (Å²) < 4.78 is 11.7. The van der Waals surface area contributed by atoms with Gasteiger partial charge in [0.05, 0.1) is 29.7 Å². The van der Waals surface area contributed by atoms with Crippen LogP contribution in [0.3, 0.4) is 0 Å². The van der Waals surface area contributed by atoms with Crippen LogP contribution in [-0.2, 0) is 20.7 Å². The third kappa shape index (κ3) is 4.65. The van der Waals surface area contributed by atoms with Crippen molar-refractivity contribution in [1.29, 1.82) is 0 Å². The number of rotatable bonds is 4. The third-order valence-corrected chi connectivity index (χ3v) is 6.93. The molecule has 3 aliphatic rings. The van der Waals surface area contributed by atoms with Gasteiger partial charge in [0.2, 0.25) is 5.91 Å². The topological polar surface area (TPSA) is 42.0 Å². The second-order valence-corrected chi connectivity index (χ2v) is 8.88. The van der Waals surface area contributed by atoms with Gasteiger partial charge >= 0.3 is 0 Å². The van der Waals surface area contributed by atoms with E-state index in [0.717, 1.165) is 57.4 Å². The molecule has 5 nitrogen and oxygen atoms in total. The number of ether oxygens (including phenoxy) is 2. The Hall–Kier alpha value is -0.850. The molecular weight excluding hydrogens is 399 g/mol. The lowest BCUT2D eigenvalue weighted by molar-refractivity contribution is -0.186. The normalized spacial score (nSPS) is 25.4. The second kappa shape index (κ2) is 8.88. The van der Waals surface area contributed by atoms with Gasteiger partial charge in [0, 0.05) is 45.1 Å². The van der Waals surface area contributed by atoms with Crippen molar-refractivity contribution in [3.63, 3.8) is 0 Å². The molecular formula is C21H28Cl2N2O3. The van der Waals surface area contributed by atoms with Crippen molar-refractivity contribution >= 4 is 29.1 Å². The number of amides is 1. The van der Waals surface area contributed by atoms with Crippen LogP contribution in [0, 0.1) is 0 Å². The predicted octanol–water partition coefficient (Wildman–Crippen LogP) is 3.76. The van der Waals surface area contributed by atoms with E-state index in [1.54, 1.807) is 12.1 Å². The molecule has 1 aromatic rings. The molecule has 3 fully saturated rings. The summed E-state index contributed by atoms with van der Waals surface area (Å²) >= 11 is 12.1. The highest BCUT2D eigenvalue weighted by molar-refractivity contribution is 6.42. The van der Waals surface area contributed by atoms with E-state index in [-0.39, 0.29) is 17.7 Å². The SMILES string of the molecule is O=C(Cc1ccc(Cl)c(Cl)c1)N1CCCCC1CN1CCC2(CC1)OCCO2. The average molecular weight is 427 g/mol. The van der Waals surface area contributed by atoms with Gasteiger partial charge in [0.1, 0.15) is 0 Å². The zero-order valence-corrected chi connectivity index (χ0v) is 17.7. The summed E-state index contributed by atoms with van der Waals surface area (Å²) in [6, 6.07) is 5.73. The molecule has 3 aliphatic heterocycles. The Morgan fingerprint density at radius 1 is 1.07 bits per heavy atom. The van der Waals surface area contributed by atoms with Crippen LogP contribution in [0.1, 0.15) is 37.7 Å². The maximum Gasteiger partial charge on any atom is 0.227 e. The van der Waals surface area contributed by atoms with Gasteiger partial charge in [-0.1, -0.05) is 29.3 Å². The van der Waals surface area contributed by atoms with Crippen molar-refractivity contribution in [2.75, 3.05) is 39.4 Å². The minimum absolute atomic E-state index is 0.180. The number of halogens is 2. The molecule has 1 atom stereocenters. The molecule has 1 spiro atoms. The molecule has 154 valence electrons. The van der Waals surface area contributed by atoms with E-state index >= 15 is 0 Å². The zero-order chi connectivity index (χ0) is 19.6. The van der Waals surface area contributed by atoms with E-state index in [1.807, 2.05) is 6.07 Å². The molecule has 3 saturated heterocycles. The van der Waals surface area contributed by atoms with E-state index in [2.05, 4.69) is 9.80 Å². The van der Waals surface area contributed by atoms with E-state index in [1.165, 1.54) is 6.42 Å². The van der Waals surface area contributed by atoms with Crippen LogP contribution in [0.15, 0.2) is 18.2 Å². The van der Waals surface area contributed by atoms with Crippen molar-refractivity contribution in [3.8, 4) is 0 Å². The molecule has 1 aromatic carbocycles. The fourth-order valence-corrected chi connectivity index (χ4v) is 4.93. The van der Waals surface area contributed by atoms with Crippen molar-refractivity contribution in [3.05, 3.63) is 33.8 Å². The minimum atomic E-state index is -0.341. The predicted molar refractivity (Wildman–Crippen MR) is 110 cm³/mol. The number of benzene rings is 1. The maximum absolute atomic E-state index is 13.0. The fourth-order valence-electron chi connectivity index (χ4n) is 4.60. The Bertz CT molecular complexity index is 699. The van der Waals surface area contributed by atoms with Crippen molar-refractivity contribution in [2.45, 2.75) is 50.4 Å². The van der Waals surface area contributed by atoms with Crippen LogP contribution in [0.5, 0.6) is 0 Å². The Morgan fingerprint density at radius 2 is 1.82 bits per heavy atom. The molecule has 1 unspecified atom stereocenters. The molecule has 0 N–H and O–H groups in total. The lowest BCUT2D eigenvalue weighted by Gasteiger charge is -2.42. The summed E-state index contributed by atoms with van der Waals surface area (Å²) in [5, 5.41) is 1.02. The van der Waals surface area contributed by atoms with Crippen LogP contribution in [-0.4, -0.2) is 66.9 Å². The molecule has 0 saturated carbocycles. The molecule has 3 heterocycles. The van der Waals surface area contributed by atoms with E-state index in [4.69, 9.17) is 32.7 Å². The monoisotopic (exact) mass is 426 g/mol. The largest absolute Gasteiger partial charge is 0.347 e. The van der Waals surface area contributed by atoms with E-state index in [0.29, 0.717) is 29.7 Å². The number of carbonyl (C=O) groups is 1. The van der Waals surface area contributed by atoms with Crippen LogP contribution >= 0.6 is 23.2 Å². The van der Waals surface area contributed by atoms with Crippen LogP contribution in [0.2, 0.25) is 10.0 Å². The molecule has 0 aromatic heterocycles. The number of hydrogen-bond acceptors (Lipinski definition) is 4. The first-order valence-electron chi connectivity index (χ1n) is 10.3. The van der Waals surface area contributed by atoms with Crippen LogP contribution in [0.4, 0.5) is 0 Å². The van der Waals surface area contributed by atoms with Crippen LogP contribution < -0.4 is 0 Å². The van der Waals surface area contributed by atoms with Gasteiger partial charge in [-0.3, -0.25) is 4.79 Å². The van der Waals surface area contributed by atoms with Gasteiger partial charge < -0.3 is 19.3 Å². The quantitative estimate of drug-likeness (QED) is 0.734. The number of likely N-dealkylation sites (tertiary alicyclic amines) is 2. The number of carbonyl (C=O) groups excluding carboxylic acids is 1. The summed E-state index contributed by atoms with van der Waals surface area (Å²) in [7, 11) is 0. The maximum atomic E-state index is 13.0. The Balaban J connectivity index is 1.34. The van der Waals surface area contributed by atoms with Crippen molar-refractivity contribution in [2.24, 2.45) is 0 Å². The van der Waals surface area contributed by atoms with Gasteiger partial charge in [0.25, 0.3) is 0 Å². The summed E-state index contributed by atoms with van der Waals surface area (Å²) in [6.07, 6.45) is 5.54. The molecule has 0 aliphatic carbocycles. The average Bonchev–Trinajstić information content (AvgIpc) is 3.15. The van der Waals surface area contributed by atoms with Gasteiger partial charge in [-0.05, 0) is 37.0 Å². The Labute approximate surface area is 176 Å². The molecule has 0 radical (unpaired) electrons. The zero-order valence-electron chi connectivity index (χ0n) is 16.2. The Morgan fingerprint density at radius 3 is 2.54 bits per heavy atom. The smallest absolute Gasteiger partial charge is 0.227 e. The first-order valence-corrected chi connectivity index (χ1v) is 11.0. The highest BCUT2D eigenvalue weighted by atomic mass is 35.5. The summed E-state index contributed by atoms with van der Waals surface area (Å²) in [5.41, 5.74) is 0.916. The van der Waals surface area contributed by atoms with Gasteiger partial charge in [-0.25, -0.2) is 0 Å². The van der Waals surface area contributed by atoms with E-state index in [9.17, 15) is 4.79 Å². The van der Waals surface area contributed by atoms with Crippen molar-refractivity contribution < 1.29 is 14.3 Å². The fraction of sp³-hybridized carbons (Fsp3) is 0.667. The highest BCUT2D eigenvalue weighted by Crippen LogP contribution is 2.32. The molecule has 4 rings (SSSR count). The summed E-state index contributed by atoms with van der Waals surface area (Å²) in [4.78, 5) is 17.6. The van der Waals surface area contributed by atoms with Crippen molar-refractivity contribution in [1.82, 2.24) is 9.80 Å². The second-order valence-electron chi connectivity index (χ2n) is 8.07. The first kappa shape index (κ1) is 20.4. The lowest BCUT2D eigenvalue weighted by Crippen LogP contribution is -2.53.